The molecule has 20 heavy (non-hydrogen) atoms. The first-order valence-corrected chi connectivity index (χ1v) is 9.04. The summed E-state index contributed by atoms with van der Waals surface area (Å²) in [7, 11) is 4.18. The molecule has 0 aliphatic heterocycles. The minimum Gasteiger partial charge on any atom is -0.296 e. The molecular formula is C11H16N4O2S3. The summed E-state index contributed by atoms with van der Waals surface area (Å²) in [6.07, 6.45) is 1.55. The topological polar surface area (TPSA) is 89.5 Å². The van der Waals surface area contributed by atoms with Gasteiger partial charge in [-0.15, -0.1) is 11.8 Å². The summed E-state index contributed by atoms with van der Waals surface area (Å²) >= 11 is 1.24. The lowest BCUT2D eigenvalue weighted by Gasteiger charge is -2.17. The average molecular weight is 332 g/mol. The van der Waals surface area contributed by atoms with Gasteiger partial charge < -0.3 is 0 Å². The van der Waals surface area contributed by atoms with Crippen LogP contribution >= 0.6 is 33.5 Å². The maximum Gasteiger partial charge on any atom is 0.446 e. The van der Waals surface area contributed by atoms with Gasteiger partial charge in [0.2, 0.25) is 0 Å². The minimum atomic E-state index is -0.869. The summed E-state index contributed by atoms with van der Waals surface area (Å²) in [5.41, 5.74) is -0.869. The fraction of sp³-hybridized carbons (Fsp3) is 0.636. The van der Waals surface area contributed by atoms with Gasteiger partial charge in [-0.2, -0.15) is 10.5 Å². The van der Waals surface area contributed by atoms with Gasteiger partial charge in [-0.05, 0) is 20.1 Å². The van der Waals surface area contributed by atoms with Gasteiger partial charge in [0.25, 0.3) is 0 Å². The van der Waals surface area contributed by atoms with Gasteiger partial charge in [-0.3, -0.25) is 4.84 Å². The largest absolute Gasteiger partial charge is 0.446 e. The Morgan fingerprint density at radius 3 is 2.60 bits per heavy atom. The summed E-state index contributed by atoms with van der Waals surface area (Å²) in [6, 6.07) is 4.11. The van der Waals surface area contributed by atoms with Gasteiger partial charge in [-0.1, -0.05) is 15.9 Å². The molecule has 0 aromatic heterocycles. The van der Waals surface area contributed by atoms with E-state index in [4.69, 9.17) is 15.4 Å². The van der Waals surface area contributed by atoms with Crippen LogP contribution in [0.5, 0.6) is 0 Å². The lowest BCUT2D eigenvalue weighted by Crippen LogP contribution is -2.23. The summed E-state index contributed by atoms with van der Waals surface area (Å²) < 4.78 is 1.30. The summed E-state index contributed by atoms with van der Waals surface area (Å²) in [6.45, 7) is 3.36. The van der Waals surface area contributed by atoms with Crippen LogP contribution in [0.1, 0.15) is 20.3 Å². The Morgan fingerprint density at radius 2 is 2.10 bits per heavy atom. The number of oxime groups is 1. The van der Waals surface area contributed by atoms with Crippen molar-refractivity contribution >= 4 is 44.7 Å². The second-order valence-corrected chi connectivity index (χ2v) is 7.55. The highest BCUT2D eigenvalue weighted by Gasteiger charge is 2.27. The first kappa shape index (κ1) is 19.0. The third-order valence-corrected chi connectivity index (χ3v) is 4.82. The smallest absolute Gasteiger partial charge is 0.296 e. The molecule has 0 aromatic rings. The van der Waals surface area contributed by atoms with Crippen LogP contribution in [0.4, 0.5) is 4.79 Å². The third-order valence-electron chi connectivity index (χ3n) is 1.92. The highest BCUT2D eigenvalue weighted by molar-refractivity contribution is 8.75. The number of nitrogens with zero attached hydrogens (tertiary/aromatic N) is 4. The van der Waals surface area contributed by atoms with Crippen LogP contribution in [0, 0.1) is 28.1 Å². The van der Waals surface area contributed by atoms with Gasteiger partial charge in [0, 0.05) is 30.2 Å². The van der Waals surface area contributed by atoms with Crippen molar-refractivity contribution in [3.63, 3.8) is 0 Å². The summed E-state index contributed by atoms with van der Waals surface area (Å²) in [4.78, 5) is 16.4. The second-order valence-electron chi connectivity index (χ2n) is 3.99. The van der Waals surface area contributed by atoms with Crippen LogP contribution in [0.2, 0.25) is 0 Å². The van der Waals surface area contributed by atoms with Gasteiger partial charge in [-0.25, -0.2) is 9.10 Å². The van der Waals surface area contributed by atoms with E-state index in [2.05, 4.69) is 11.2 Å². The van der Waals surface area contributed by atoms with Gasteiger partial charge in [0.15, 0.2) is 0 Å². The van der Waals surface area contributed by atoms with Crippen molar-refractivity contribution in [2.75, 3.05) is 19.1 Å². The number of carbonyl (C=O) groups excluding carboxylic acids is 1. The second kappa shape index (κ2) is 9.81. The molecule has 110 valence electrons. The number of hydrogen-bond acceptors (Lipinski definition) is 8. The van der Waals surface area contributed by atoms with Crippen LogP contribution in [-0.2, 0) is 4.84 Å². The molecule has 0 radical (unpaired) electrons. The molecule has 6 nitrogen and oxygen atoms in total. The minimum absolute atomic E-state index is 0.335. The molecule has 1 amide bonds. The van der Waals surface area contributed by atoms with Crippen molar-refractivity contribution in [3.8, 4) is 12.1 Å². The zero-order valence-electron chi connectivity index (χ0n) is 11.7. The highest BCUT2D eigenvalue weighted by Crippen LogP contribution is 2.26. The average Bonchev–Trinajstić information content (AvgIpc) is 2.42. The standard InChI is InChI=1S/C11H16N4O2S3/c1-11(2,8-13)9(19-7-5-6-12)14-17-10(16)15(3)20-18-4/h5,7H2,1-4H3. The summed E-state index contributed by atoms with van der Waals surface area (Å²) in [5, 5.41) is 21.8. The number of rotatable bonds is 6. The predicted molar refractivity (Wildman–Crippen MR) is 84.9 cm³/mol. The van der Waals surface area contributed by atoms with Crippen LogP contribution in [0.25, 0.3) is 0 Å². The monoisotopic (exact) mass is 332 g/mol. The number of amides is 1. The zero-order valence-corrected chi connectivity index (χ0v) is 14.2. The van der Waals surface area contributed by atoms with Gasteiger partial charge in [0.05, 0.1) is 12.1 Å². The van der Waals surface area contributed by atoms with E-state index < -0.39 is 11.5 Å². The van der Waals surface area contributed by atoms with Crippen molar-refractivity contribution < 1.29 is 9.63 Å². The fourth-order valence-electron chi connectivity index (χ4n) is 0.842. The van der Waals surface area contributed by atoms with Crippen molar-refractivity contribution in [1.82, 2.24) is 4.31 Å². The van der Waals surface area contributed by atoms with E-state index >= 15 is 0 Å². The van der Waals surface area contributed by atoms with Crippen molar-refractivity contribution in [3.05, 3.63) is 0 Å². The normalized spacial score (nSPS) is 11.4. The van der Waals surface area contributed by atoms with Gasteiger partial charge >= 0.3 is 6.09 Å². The van der Waals surface area contributed by atoms with Crippen molar-refractivity contribution in [1.29, 1.82) is 10.5 Å². The Labute approximate surface area is 131 Å². The lowest BCUT2D eigenvalue weighted by atomic mass is 9.98. The molecule has 0 aromatic carbocycles. The maximum absolute atomic E-state index is 11.6. The Bertz CT molecular complexity index is 440. The Balaban J connectivity index is 4.78. The number of hydrogen-bond donors (Lipinski definition) is 0. The van der Waals surface area contributed by atoms with E-state index in [0.717, 1.165) is 0 Å². The van der Waals surface area contributed by atoms with E-state index in [1.165, 1.54) is 37.8 Å². The molecule has 0 bridgehead atoms. The molecule has 0 atom stereocenters. The maximum atomic E-state index is 11.6. The van der Waals surface area contributed by atoms with Crippen LogP contribution in [-0.4, -0.2) is 34.5 Å². The van der Waals surface area contributed by atoms with Crippen LogP contribution in [0.3, 0.4) is 0 Å². The zero-order chi connectivity index (χ0) is 15.6. The highest BCUT2D eigenvalue weighted by atomic mass is 33.1. The van der Waals surface area contributed by atoms with Crippen LogP contribution in [0.15, 0.2) is 5.16 Å². The molecule has 0 spiro atoms. The molecule has 0 unspecified atom stereocenters. The quantitative estimate of drug-likeness (QED) is 0.140. The van der Waals surface area contributed by atoms with E-state index in [-0.39, 0.29) is 0 Å². The number of nitriles is 2. The molecule has 0 saturated carbocycles. The molecule has 9 heteroatoms. The molecule has 0 aliphatic rings. The molecule has 0 rings (SSSR count). The first-order chi connectivity index (χ1) is 9.38. The van der Waals surface area contributed by atoms with E-state index in [1.54, 1.807) is 20.9 Å². The molecule has 0 fully saturated rings. The van der Waals surface area contributed by atoms with Crippen molar-refractivity contribution in [2.24, 2.45) is 10.6 Å². The van der Waals surface area contributed by atoms with E-state index in [1.807, 2.05) is 12.3 Å². The van der Waals surface area contributed by atoms with E-state index in [0.29, 0.717) is 17.2 Å². The molecule has 0 aliphatic carbocycles. The third kappa shape index (κ3) is 6.94. The predicted octanol–water partition coefficient (Wildman–Crippen LogP) is 3.49. The molecule has 0 saturated heterocycles. The number of thioether (sulfide) groups is 1. The molecular weight excluding hydrogens is 316 g/mol. The first-order valence-electron chi connectivity index (χ1n) is 5.54. The molecule has 0 N–H and O–H groups in total. The fourth-order valence-corrected chi connectivity index (χ4v) is 2.90. The number of carbonyl (C=O) groups is 1. The van der Waals surface area contributed by atoms with E-state index in [9.17, 15) is 4.79 Å². The lowest BCUT2D eigenvalue weighted by molar-refractivity contribution is 0.137. The Kier molecular flexibility index (Phi) is 9.30. The molecule has 0 heterocycles. The van der Waals surface area contributed by atoms with Crippen molar-refractivity contribution in [2.45, 2.75) is 20.3 Å². The Hall–Kier alpha value is -1.03. The van der Waals surface area contributed by atoms with Crippen LogP contribution < -0.4 is 0 Å². The summed E-state index contributed by atoms with van der Waals surface area (Å²) in [5.74, 6) is 0.493. The Morgan fingerprint density at radius 1 is 1.45 bits per heavy atom. The SMILES string of the molecule is CSSN(C)C(=O)ON=C(SCCC#N)C(C)(C)C#N. The van der Waals surface area contributed by atoms with Gasteiger partial charge in [0.1, 0.15) is 10.5 Å².